The van der Waals surface area contributed by atoms with Gasteiger partial charge in [-0.1, -0.05) is 0 Å². The topological polar surface area (TPSA) is 93.1 Å². The summed E-state index contributed by atoms with van der Waals surface area (Å²) in [5.41, 5.74) is 0. The highest BCUT2D eigenvalue weighted by molar-refractivity contribution is 5.77. The molecule has 0 bridgehead atoms. The van der Waals surface area contributed by atoms with Crippen LogP contribution in [0.2, 0.25) is 0 Å². The summed E-state index contributed by atoms with van der Waals surface area (Å²) < 4.78 is 9.40. The van der Waals surface area contributed by atoms with Crippen LogP contribution in [-0.4, -0.2) is 47.6 Å². The molecule has 2 saturated heterocycles. The fourth-order valence-electron chi connectivity index (χ4n) is 3.02. The number of aliphatic hydroxyl groups excluding tert-OH is 2. The Kier molecular flexibility index (Phi) is 7.30. The van der Waals surface area contributed by atoms with Crippen molar-refractivity contribution in [3.63, 3.8) is 0 Å². The number of hydrogen-bond donors (Lipinski definition) is 2. The van der Waals surface area contributed by atoms with Crippen LogP contribution < -0.4 is 0 Å². The van der Waals surface area contributed by atoms with Crippen LogP contribution in [0.3, 0.4) is 0 Å². The number of carbonyl (C=O) groups is 2. The molecule has 132 valence electrons. The molecule has 4 atom stereocenters. The second-order valence-corrected chi connectivity index (χ2v) is 6.75. The molecule has 0 radical (unpaired) electrons. The van der Waals surface area contributed by atoms with Crippen LogP contribution in [0.5, 0.6) is 0 Å². The number of cyclic esters (lactones) is 2. The molecular formula is C17H28O6. The molecule has 6 nitrogen and oxygen atoms in total. The molecule has 0 aromatic carbocycles. The number of aliphatic hydroxyl groups is 2. The van der Waals surface area contributed by atoms with Gasteiger partial charge in [-0.2, -0.15) is 0 Å². The Morgan fingerprint density at radius 1 is 0.783 bits per heavy atom. The van der Waals surface area contributed by atoms with Gasteiger partial charge in [-0.25, -0.2) is 0 Å². The van der Waals surface area contributed by atoms with Crippen LogP contribution in [0.1, 0.15) is 57.8 Å². The third-order valence-electron chi connectivity index (χ3n) is 4.77. The highest BCUT2D eigenvalue weighted by Gasteiger charge is 2.30. The van der Waals surface area contributed by atoms with Gasteiger partial charge in [0.15, 0.2) is 0 Å². The van der Waals surface area contributed by atoms with Gasteiger partial charge in [0.25, 0.3) is 0 Å². The maximum Gasteiger partial charge on any atom is 0.312 e. The molecular weight excluding hydrogens is 300 g/mol. The van der Waals surface area contributed by atoms with Gasteiger partial charge in [0.1, 0.15) is 13.2 Å². The van der Waals surface area contributed by atoms with Crippen molar-refractivity contribution in [3.8, 4) is 0 Å². The molecule has 2 aliphatic rings. The van der Waals surface area contributed by atoms with Gasteiger partial charge in [0.2, 0.25) is 0 Å². The lowest BCUT2D eigenvalue weighted by Crippen LogP contribution is -2.34. The zero-order chi connectivity index (χ0) is 16.7. The third-order valence-corrected chi connectivity index (χ3v) is 4.77. The molecule has 0 amide bonds. The highest BCUT2D eigenvalue weighted by atomic mass is 16.6. The maximum absolute atomic E-state index is 11.0. The summed E-state index contributed by atoms with van der Waals surface area (Å²) in [4.78, 5) is 22.0. The smallest absolute Gasteiger partial charge is 0.312 e. The number of ether oxygens (including phenoxy) is 2. The fraction of sp³-hybridized carbons (Fsp3) is 0.882. The molecule has 2 N–H and O–H groups in total. The Balaban J connectivity index is 1.40. The minimum atomic E-state index is -0.358. The first-order valence-corrected chi connectivity index (χ1v) is 8.75. The molecule has 0 spiro atoms. The molecule has 0 aromatic rings. The highest BCUT2D eigenvalue weighted by Crippen LogP contribution is 2.22. The van der Waals surface area contributed by atoms with Crippen molar-refractivity contribution < 1.29 is 29.3 Å². The van der Waals surface area contributed by atoms with Crippen LogP contribution in [0.15, 0.2) is 0 Å². The average molecular weight is 328 g/mol. The Hall–Kier alpha value is -1.14. The van der Waals surface area contributed by atoms with E-state index in [9.17, 15) is 19.8 Å². The molecule has 2 rings (SSSR count). The maximum atomic E-state index is 11.0. The van der Waals surface area contributed by atoms with Gasteiger partial charge >= 0.3 is 11.9 Å². The Bertz CT molecular complexity index is 361. The minimum Gasteiger partial charge on any atom is -0.464 e. The second kappa shape index (κ2) is 9.23. The van der Waals surface area contributed by atoms with E-state index in [4.69, 9.17) is 9.47 Å². The number of esters is 2. The summed E-state index contributed by atoms with van der Waals surface area (Å²) in [6.07, 6.45) is 6.09. The van der Waals surface area contributed by atoms with Crippen molar-refractivity contribution in [2.75, 3.05) is 13.2 Å². The van der Waals surface area contributed by atoms with E-state index in [1.165, 1.54) is 0 Å². The third kappa shape index (κ3) is 6.11. The zero-order valence-corrected chi connectivity index (χ0v) is 13.6. The lowest BCUT2D eigenvalue weighted by molar-refractivity contribution is -0.169. The molecule has 2 heterocycles. The molecule has 0 aromatic heterocycles. The quantitative estimate of drug-likeness (QED) is 0.528. The Morgan fingerprint density at radius 3 is 1.48 bits per heavy atom. The molecule has 6 heteroatoms. The van der Waals surface area contributed by atoms with Crippen molar-refractivity contribution in [3.05, 3.63) is 0 Å². The second-order valence-electron chi connectivity index (χ2n) is 6.75. The van der Waals surface area contributed by atoms with E-state index in [2.05, 4.69) is 0 Å². The summed E-state index contributed by atoms with van der Waals surface area (Å²) in [5.74, 6) is -0.149. The number of rotatable bonds is 12. The summed E-state index contributed by atoms with van der Waals surface area (Å²) in [6.45, 7) is 1.05. The summed E-state index contributed by atoms with van der Waals surface area (Å²) >= 11 is 0. The van der Waals surface area contributed by atoms with E-state index in [0.29, 0.717) is 38.9 Å². The van der Waals surface area contributed by atoms with E-state index in [0.717, 1.165) is 32.1 Å². The van der Waals surface area contributed by atoms with Gasteiger partial charge in [0.05, 0.1) is 24.0 Å². The summed E-state index contributed by atoms with van der Waals surface area (Å²) in [5, 5.41) is 19.8. The first kappa shape index (κ1) is 18.2. The zero-order valence-electron chi connectivity index (χ0n) is 13.6. The fourth-order valence-corrected chi connectivity index (χ4v) is 3.02. The standard InChI is InChI=1S/C17H28O6/c18-14(6-1-4-12-10-22-16(12)20)8-3-9-15(19)7-2-5-13-11-23-17(13)21/h12-15,18-19H,1-11H2. The first-order valence-electron chi connectivity index (χ1n) is 8.75. The van der Waals surface area contributed by atoms with Crippen molar-refractivity contribution in [1.29, 1.82) is 0 Å². The van der Waals surface area contributed by atoms with Crippen molar-refractivity contribution in [2.45, 2.75) is 70.0 Å². The summed E-state index contributed by atoms with van der Waals surface area (Å²) in [6, 6.07) is 0. The molecule has 0 saturated carbocycles. The van der Waals surface area contributed by atoms with Crippen LogP contribution in [0.25, 0.3) is 0 Å². The Morgan fingerprint density at radius 2 is 1.17 bits per heavy atom. The van der Waals surface area contributed by atoms with Gasteiger partial charge in [0, 0.05) is 0 Å². The largest absolute Gasteiger partial charge is 0.464 e. The Labute approximate surface area is 137 Å². The lowest BCUT2D eigenvalue weighted by atomic mass is 9.95. The van der Waals surface area contributed by atoms with E-state index in [-0.39, 0.29) is 36.0 Å². The lowest BCUT2D eigenvalue weighted by Gasteiger charge is -2.24. The van der Waals surface area contributed by atoms with Gasteiger partial charge in [-0.05, 0) is 57.8 Å². The molecule has 23 heavy (non-hydrogen) atoms. The normalized spacial score (nSPS) is 25.8. The van der Waals surface area contributed by atoms with Gasteiger partial charge in [-0.15, -0.1) is 0 Å². The molecule has 2 fully saturated rings. The first-order chi connectivity index (χ1) is 11.1. The van der Waals surface area contributed by atoms with Gasteiger partial charge in [-0.3, -0.25) is 9.59 Å². The molecule has 4 unspecified atom stereocenters. The molecule has 2 aliphatic heterocycles. The number of hydrogen-bond acceptors (Lipinski definition) is 6. The predicted molar refractivity (Wildman–Crippen MR) is 82.5 cm³/mol. The van der Waals surface area contributed by atoms with E-state index in [1.807, 2.05) is 0 Å². The van der Waals surface area contributed by atoms with Gasteiger partial charge < -0.3 is 19.7 Å². The van der Waals surface area contributed by atoms with Crippen LogP contribution in [0, 0.1) is 11.8 Å². The van der Waals surface area contributed by atoms with E-state index >= 15 is 0 Å². The predicted octanol–water partition coefficient (Wildman–Crippen LogP) is 1.57. The monoisotopic (exact) mass is 328 g/mol. The number of carbonyl (C=O) groups excluding carboxylic acids is 2. The van der Waals surface area contributed by atoms with Crippen LogP contribution in [-0.2, 0) is 19.1 Å². The average Bonchev–Trinajstić information content (AvgIpc) is 2.52. The minimum absolute atomic E-state index is 0.0389. The SMILES string of the molecule is O=C1OCC1CCCC(O)CCCC(O)CCCC1COC1=O. The van der Waals surface area contributed by atoms with Crippen LogP contribution in [0.4, 0.5) is 0 Å². The van der Waals surface area contributed by atoms with Crippen molar-refractivity contribution in [1.82, 2.24) is 0 Å². The van der Waals surface area contributed by atoms with Crippen molar-refractivity contribution in [2.24, 2.45) is 11.8 Å². The van der Waals surface area contributed by atoms with Crippen molar-refractivity contribution >= 4 is 11.9 Å². The van der Waals surface area contributed by atoms with E-state index < -0.39 is 0 Å². The van der Waals surface area contributed by atoms with Crippen LogP contribution >= 0.6 is 0 Å². The van der Waals surface area contributed by atoms with E-state index in [1.54, 1.807) is 0 Å². The molecule has 0 aliphatic carbocycles. The summed E-state index contributed by atoms with van der Waals surface area (Å²) in [7, 11) is 0.